The van der Waals surface area contributed by atoms with Crippen LogP contribution in [-0.2, 0) is 4.74 Å². The SMILES string of the molecule is CC(C)(C)OCCC(C)(C)C(=N)N. The highest BCUT2D eigenvalue weighted by Gasteiger charge is 2.22. The van der Waals surface area contributed by atoms with Crippen LogP contribution in [0, 0.1) is 10.8 Å². The van der Waals surface area contributed by atoms with Crippen LogP contribution in [0.1, 0.15) is 41.0 Å². The summed E-state index contributed by atoms with van der Waals surface area (Å²) < 4.78 is 5.56. The molecule has 0 aliphatic carbocycles. The summed E-state index contributed by atoms with van der Waals surface area (Å²) in [4.78, 5) is 0. The van der Waals surface area contributed by atoms with Gasteiger partial charge < -0.3 is 10.5 Å². The Kier molecular flexibility index (Phi) is 3.91. The summed E-state index contributed by atoms with van der Waals surface area (Å²) in [7, 11) is 0. The normalized spacial score (nSPS) is 13.0. The van der Waals surface area contributed by atoms with Gasteiger partial charge in [-0.3, -0.25) is 5.41 Å². The predicted octanol–water partition coefficient (Wildman–Crippen LogP) is 2.15. The van der Waals surface area contributed by atoms with Crippen LogP contribution in [0.25, 0.3) is 0 Å². The van der Waals surface area contributed by atoms with Gasteiger partial charge in [-0.05, 0) is 27.2 Å². The molecule has 0 fully saturated rings. The lowest BCUT2D eigenvalue weighted by atomic mass is 9.88. The fourth-order valence-electron chi connectivity index (χ4n) is 0.747. The number of nitrogens with one attached hydrogen (secondary N) is 1. The summed E-state index contributed by atoms with van der Waals surface area (Å²) in [6.07, 6.45) is 0.791. The molecule has 0 spiro atoms. The van der Waals surface area contributed by atoms with Crippen LogP contribution < -0.4 is 5.73 Å². The minimum atomic E-state index is -0.245. The predicted molar refractivity (Wildman–Crippen MR) is 56.0 cm³/mol. The molecule has 3 N–H and O–H groups in total. The first-order valence-electron chi connectivity index (χ1n) is 4.64. The van der Waals surface area contributed by atoms with E-state index in [1.54, 1.807) is 0 Å². The lowest BCUT2D eigenvalue weighted by Crippen LogP contribution is -2.33. The molecule has 0 unspecified atom stereocenters. The summed E-state index contributed by atoms with van der Waals surface area (Å²) in [5.74, 6) is 0.227. The van der Waals surface area contributed by atoms with E-state index in [-0.39, 0.29) is 16.9 Å². The number of hydrogen-bond acceptors (Lipinski definition) is 2. The number of rotatable bonds is 4. The molecule has 0 aromatic heterocycles. The maximum atomic E-state index is 7.35. The fourth-order valence-corrected chi connectivity index (χ4v) is 0.747. The number of nitrogens with two attached hydrogens (primary N) is 1. The number of ether oxygens (including phenoxy) is 1. The topological polar surface area (TPSA) is 59.1 Å². The Balaban J connectivity index is 3.84. The molecule has 13 heavy (non-hydrogen) atoms. The van der Waals surface area contributed by atoms with Crippen molar-refractivity contribution in [1.29, 1.82) is 5.41 Å². The van der Waals surface area contributed by atoms with Crippen molar-refractivity contribution in [2.45, 2.75) is 46.6 Å². The third kappa shape index (κ3) is 5.64. The monoisotopic (exact) mass is 186 g/mol. The molecule has 0 aromatic rings. The molecule has 0 amide bonds. The van der Waals surface area contributed by atoms with Crippen molar-refractivity contribution in [2.75, 3.05) is 6.61 Å². The largest absolute Gasteiger partial charge is 0.387 e. The summed E-state index contributed by atoms with van der Waals surface area (Å²) in [6.45, 7) is 10.6. The molecule has 0 aliphatic heterocycles. The zero-order valence-corrected chi connectivity index (χ0v) is 9.40. The molecule has 0 aromatic carbocycles. The Hall–Kier alpha value is -0.570. The smallest absolute Gasteiger partial charge is 0.0963 e. The van der Waals surface area contributed by atoms with Crippen molar-refractivity contribution in [3.05, 3.63) is 0 Å². The average molecular weight is 186 g/mol. The van der Waals surface area contributed by atoms with E-state index in [9.17, 15) is 0 Å². The molecule has 0 heterocycles. The summed E-state index contributed by atoms with van der Waals surface area (Å²) >= 11 is 0. The number of hydrogen-bond donors (Lipinski definition) is 2. The van der Waals surface area contributed by atoms with Gasteiger partial charge in [0.25, 0.3) is 0 Å². The van der Waals surface area contributed by atoms with E-state index in [2.05, 4.69) is 0 Å². The van der Waals surface area contributed by atoms with E-state index < -0.39 is 0 Å². The molecule has 0 saturated carbocycles. The van der Waals surface area contributed by atoms with Gasteiger partial charge in [-0.25, -0.2) is 0 Å². The third-order valence-corrected chi connectivity index (χ3v) is 1.99. The molecule has 0 atom stereocenters. The Bertz CT molecular complexity index is 180. The second kappa shape index (κ2) is 4.09. The van der Waals surface area contributed by atoms with E-state index in [0.29, 0.717) is 6.61 Å². The van der Waals surface area contributed by atoms with Gasteiger partial charge in [0.1, 0.15) is 0 Å². The second-order valence-electron chi connectivity index (χ2n) is 5.01. The minimum Gasteiger partial charge on any atom is -0.387 e. The maximum Gasteiger partial charge on any atom is 0.0963 e. The zero-order chi connectivity index (χ0) is 10.7. The first kappa shape index (κ1) is 12.4. The fraction of sp³-hybridized carbons (Fsp3) is 0.900. The molecule has 0 saturated heterocycles. The maximum absolute atomic E-state index is 7.35. The van der Waals surface area contributed by atoms with E-state index >= 15 is 0 Å². The van der Waals surface area contributed by atoms with Gasteiger partial charge in [0.05, 0.1) is 11.4 Å². The standard InChI is InChI=1S/C10H22N2O/c1-9(2,3)13-7-6-10(4,5)8(11)12/h6-7H2,1-5H3,(H3,11,12). The molecule has 0 radical (unpaired) electrons. The van der Waals surface area contributed by atoms with Crippen LogP contribution in [0.2, 0.25) is 0 Å². The van der Waals surface area contributed by atoms with E-state index in [1.807, 2.05) is 34.6 Å². The van der Waals surface area contributed by atoms with Crippen molar-refractivity contribution < 1.29 is 4.74 Å². The summed E-state index contributed by atoms with van der Waals surface area (Å²) in [6, 6.07) is 0. The highest BCUT2D eigenvalue weighted by Crippen LogP contribution is 2.20. The van der Waals surface area contributed by atoms with Gasteiger partial charge >= 0.3 is 0 Å². The van der Waals surface area contributed by atoms with E-state index in [1.165, 1.54) is 0 Å². The summed E-state index contributed by atoms with van der Waals surface area (Å²) in [5.41, 5.74) is 5.10. The Morgan fingerprint density at radius 1 is 1.23 bits per heavy atom. The van der Waals surface area contributed by atoms with Crippen LogP contribution in [-0.4, -0.2) is 18.0 Å². The van der Waals surface area contributed by atoms with Gasteiger partial charge in [-0.1, -0.05) is 13.8 Å². The van der Waals surface area contributed by atoms with E-state index in [4.69, 9.17) is 15.9 Å². The van der Waals surface area contributed by atoms with Gasteiger partial charge in [0, 0.05) is 12.0 Å². The van der Waals surface area contributed by atoms with Crippen LogP contribution in [0.15, 0.2) is 0 Å². The van der Waals surface area contributed by atoms with E-state index in [0.717, 1.165) is 6.42 Å². The van der Waals surface area contributed by atoms with Crippen molar-refractivity contribution in [1.82, 2.24) is 0 Å². The van der Waals surface area contributed by atoms with Crippen molar-refractivity contribution in [2.24, 2.45) is 11.1 Å². The first-order chi connectivity index (χ1) is 5.65. The lowest BCUT2D eigenvalue weighted by molar-refractivity contribution is -0.0108. The highest BCUT2D eigenvalue weighted by atomic mass is 16.5. The van der Waals surface area contributed by atoms with Gasteiger partial charge in [-0.2, -0.15) is 0 Å². The van der Waals surface area contributed by atoms with Crippen LogP contribution in [0.3, 0.4) is 0 Å². The Morgan fingerprint density at radius 2 is 1.69 bits per heavy atom. The number of amidine groups is 1. The third-order valence-electron chi connectivity index (χ3n) is 1.99. The molecule has 78 valence electrons. The molecule has 0 aliphatic rings. The second-order valence-corrected chi connectivity index (χ2v) is 5.01. The first-order valence-corrected chi connectivity index (χ1v) is 4.64. The van der Waals surface area contributed by atoms with Gasteiger partial charge in [0.15, 0.2) is 0 Å². The van der Waals surface area contributed by atoms with Crippen molar-refractivity contribution in [3.63, 3.8) is 0 Å². The average Bonchev–Trinajstić information content (AvgIpc) is 1.82. The summed E-state index contributed by atoms with van der Waals surface area (Å²) in [5, 5.41) is 7.35. The molecule has 3 nitrogen and oxygen atoms in total. The highest BCUT2D eigenvalue weighted by molar-refractivity contribution is 5.82. The lowest BCUT2D eigenvalue weighted by Gasteiger charge is -2.26. The Morgan fingerprint density at radius 3 is 2.00 bits per heavy atom. The van der Waals surface area contributed by atoms with Crippen LogP contribution in [0.5, 0.6) is 0 Å². The minimum absolute atomic E-state index is 0.104. The van der Waals surface area contributed by atoms with Gasteiger partial charge in [-0.15, -0.1) is 0 Å². The molecule has 0 rings (SSSR count). The molecular formula is C10H22N2O. The van der Waals surface area contributed by atoms with Crippen molar-refractivity contribution in [3.8, 4) is 0 Å². The van der Waals surface area contributed by atoms with Gasteiger partial charge in [0.2, 0.25) is 0 Å². The zero-order valence-electron chi connectivity index (χ0n) is 9.40. The van der Waals surface area contributed by atoms with Crippen molar-refractivity contribution >= 4 is 5.84 Å². The molecule has 0 bridgehead atoms. The quantitative estimate of drug-likeness (QED) is 0.522. The van der Waals surface area contributed by atoms with Crippen LogP contribution >= 0.6 is 0 Å². The Labute approximate surface area is 81.2 Å². The molecular weight excluding hydrogens is 164 g/mol. The molecule has 3 heteroatoms. The van der Waals surface area contributed by atoms with Crippen LogP contribution in [0.4, 0.5) is 0 Å².